The van der Waals surface area contributed by atoms with Crippen molar-refractivity contribution >= 4 is 23.4 Å². The first kappa shape index (κ1) is 16.4. The van der Waals surface area contributed by atoms with E-state index in [1.165, 1.54) is 16.0 Å². The van der Waals surface area contributed by atoms with E-state index in [0.717, 1.165) is 11.6 Å². The van der Waals surface area contributed by atoms with E-state index in [1.54, 1.807) is 11.8 Å². The zero-order chi connectivity index (χ0) is 15.2. The lowest BCUT2D eigenvalue weighted by Gasteiger charge is -2.23. The van der Waals surface area contributed by atoms with Crippen molar-refractivity contribution in [2.75, 3.05) is 6.26 Å². The minimum atomic E-state index is 0.336. The number of nitrogens with one attached hydrogen (secondary N) is 1. The first-order chi connectivity index (χ1) is 10.1. The van der Waals surface area contributed by atoms with E-state index in [9.17, 15) is 0 Å². The topological polar surface area (TPSA) is 12.0 Å². The monoisotopic (exact) mass is 319 g/mol. The number of thioether (sulfide) groups is 1. The molecule has 1 N–H and O–H groups in total. The fourth-order valence-electron chi connectivity index (χ4n) is 2.38. The lowest BCUT2D eigenvalue weighted by Crippen LogP contribution is -2.25. The SMILES string of the molecule is CSc1ccc(CNC(c2ccc(Cl)cc2)C(C)C)cc1. The Bertz CT molecular complexity index is 548. The zero-order valence-corrected chi connectivity index (χ0v) is 14.3. The van der Waals surface area contributed by atoms with Crippen molar-refractivity contribution in [3.63, 3.8) is 0 Å². The van der Waals surface area contributed by atoms with Crippen molar-refractivity contribution in [1.29, 1.82) is 0 Å². The van der Waals surface area contributed by atoms with E-state index in [1.807, 2.05) is 12.1 Å². The third kappa shape index (κ3) is 4.77. The van der Waals surface area contributed by atoms with E-state index >= 15 is 0 Å². The Kier molecular flexibility index (Phi) is 6.16. The van der Waals surface area contributed by atoms with E-state index < -0.39 is 0 Å². The van der Waals surface area contributed by atoms with Gasteiger partial charge >= 0.3 is 0 Å². The maximum Gasteiger partial charge on any atom is 0.0406 e. The fraction of sp³-hybridized carbons (Fsp3) is 0.333. The third-order valence-corrected chi connectivity index (χ3v) is 4.58. The second kappa shape index (κ2) is 7.88. The van der Waals surface area contributed by atoms with Crippen LogP contribution in [0.15, 0.2) is 53.4 Å². The number of hydrogen-bond acceptors (Lipinski definition) is 2. The average molecular weight is 320 g/mol. The van der Waals surface area contributed by atoms with Crippen LogP contribution in [0.1, 0.15) is 31.0 Å². The van der Waals surface area contributed by atoms with Crippen molar-refractivity contribution in [2.45, 2.75) is 31.3 Å². The first-order valence-electron chi connectivity index (χ1n) is 7.22. The molecule has 1 atom stereocenters. The van der Waals surface area contributed by atoms with Gasteiger partial charge in [-0.3, -0.25) is 0 Å². The molecule has 112 valence electrons. The van der Waals surface area contributed by atoms with Gasteiger partial charge in [0, 0.05) is 22.5 Å². The predicted molar refractivity (Wildman–Crippen MR) is 94.1 cm³/mol. The molecular formula is C18H22ClNS. The summed E-state index contributed by atoms with van der Waals surface area (Å²) in [6, 6.07) is 17.2. The molecule has 0 fully saturated rings. The standard InChI is InChI=1S/C18H22ClNS/c1-13(2)18(15-6-8-16(19)9-7-15)20-12-14-4-10-17(21-3)11-5-14/h4-11,13,18,20H,12H2,1-3H3. The molecule has 0 bridgehead atoms. The van der Waals surface area contributed by atoms with Gasteiger partial charge in [-0.05, 0) is 47.6 Å². The molecule has 0 aliphatic rings. The molecule has 0 aromatic heterocycles. The summed E-state index contributed by atoms with van der Waals surface area (Å²) in [4.78, 5) is 1.30. The molecule has 3 heteroatoms. The van der Waals surface area contributed by atoms with Gasteiger partial charge in [-0.2, -0.15) is 0 Å². The summed E-state index contributed by atoms with van der Waals surface area (Å²) < 4.78 is 0. The summed E-state index contributed by atoms with van der Waals surface area (Å²) in [5, 5.41) is 4.44. The van der Waals surface area contributed by atoms with E-state index in [-0.39, 0.29) is 0 Å². The fourth-order valence-corrected chi connectivity index (χ4v) is 2.91. The number of halogens is 1. The van der Waals surface area contributed by atoms with Crippen LogP contribution in [0.5, 0.6) is 0 Å². The lowest BCUT2D eigenvalue weighted by molar-refractivity contribution is 0.410. The highest BCUT2D eigenvalue weighted by Gasteiger charge is 2.15. The van der Waals surface area contributed by atoms with Crippen molar-refractivity contribution in [2.24, 2.45) is 5.92 Å². The van der Waals surface area contributed by atoms with Crippen molar-refractivity contribution in [3.05, 3.63) is 64.7 Å². The lowest BCUT2D eigenvalue weighted by atomic mass is 9.96. The highest BCUT2D eigenvalue weighted by Crippen LogP contribution is 2.24. The number of benzene rings is 2. The Balaban J connectivity index is 2.04. The Morgan fingerprint density at radius 1 is 1.00 bits per heavy atom. The molecule has 21 heavy (non-hydrogen) atoms. The molecule has 1 unspecified atom stereocenters. The Hall–Kier alpha value is -0.960. The van der Waals surface area contributed by atoms with E-state index in [0.29, 0.717) is 12.0 Å². The molecule has 0 aliphatic heterocycles. The molecule has 2 aromatic carbocycles. The quantitative estimate of drug-likeness (QED) is 0.701. The van der Waals surface area contributed by atoms with Crippen molar-refractivity contribution < 1.29 is 0 Å². The molecule has 0 spiro atoms. The van der Waals surface area contributed by atoms with Crippen LogP contribution in [-0.2, 0) is 6.54 Å². The molecule has 0 amide bonds. The maximum atomic E-state index is 5.98. The van der Waals surface area contributed by atoms with E-state index in [4.69, 9.17) is 11.6 Å². The van der Waals surface area contributed by atoms with Gasteiger partial charge in [-0.25, -0.2) is 0 Å². The molecule has 0 radical (unpaired) electrons. The summed E-state index contributed by atoms with van der Waals surface area (Å²) in [6.07, 6.45) is 2.10. The first-order valence-corrected chi connectivity index (χ1v) is 8.82. The second-order valence-corrected chi connectivity index (χ2v) is 6.82. The Labute approximate surface area is 137 Å². The molecule has 0 aliphatic carbocycles. The summed E-state index contributed by atoms with van der Waals surface area (Å²) in [5.74, 6) is 0.525. The van der Waals surface area contributed by atoms with Crippen LogP contribution in [0.2, 0.25) is 5.02 Å². The van der Waals surface area contributed by atoms with Gasteiger partial charge in [0.2, 0.25) is 0 Å². The van der Waals surface area contributed by atoms with Crippen molar-refractivity contribution in [1.82, 2.24) is 5.32 Å². The highest BCUT2D eigenvalue weighted by molar-refractivity contribution is 7.98. The summed E-state index contributed by atoms with van der Waals surface area (Å²) in [6.45, 7) is 5.35. The summed E-state index contributed by atoms with van der Waals surface area (Å²) in [7, 11) is 0. The summed E-state index contributed by atoms with van der Waals surface area (Å²) >= 11 is 7.75. The molecular weight excluding hydrogens is 298 g/mol. The van der Waals surface area contributed by atoms with Gasteiger partial charge in [0.15, 0.2) is 0 Å². The van der Waals surface area contributed by atoms with Crippen LogP contribution in [-0.4, -0.2) is 6.26 Å². The number of rotatable bonds is 6. The second-order valence-electron chi connectivity index (χ2n) is 5.50. The Morgan fingerprint density at radius 3 is 2.14 bits per heavy atom. The van der Waals surface area contributed by atoms with Gasteiger partial charge in [-0.1, -0.05) is 49.7 Å². The Morgan fingerprint density at radius 2 is 1.62 bits per heavy atom. The zero-order valence-electron chi connectivity index (χ0n) is 12.8. The summed E-state index contributed by atoms with van der Waals surface area (Å²) in [5.41, 5.74) is 2.60. The smallest absolute Gasteiger partial charge is 0.0406 e. The largest absolute Gasteiger partial charge is 0.306 e. The molecule has 2 rings (SSSR count). The molecule has 0 heterocycles. The van der Waals surface area contributed by atoms with Crippen LogP contribution in [0, 0.1) is 5.92 Å². The highest BCUT2D eigenvalue weighted by atomic mass is 35.5. The van der Waals surface area contributed by atoms with Crippen LogP contribution in [0.4, 0.5) is 0 Å². The minimum Gasteiger partial charge on any atom is -0.306 e. The van der Waals surface area contributed by atoms with Crippen LogP contribution in [0.25, 0.3) is 0 Å². The van der Waals surface area contributed by atoms with Gasteiger partial charge in [-0.15, -0.1) is 11.8 Å². The van der Waals surface area contributed by atoms with Crippen molar-refractivity contribution in [3.8, 4) is 0 Å². The number of hydrogen-bond donors (Lipinski definition) is 1. The van der Waals surface area contributed by atoms with Gasteiger partial charge < -0.3 is 5.32 Å². The molecule has 2 aromatic rings. The molecule has 1 nitrogen and oxygen atoms in total. The molecule has 0 saturated heterocycles. The van der Waals surface area contributed by atoms with Gasteiger partial charge in [0.1, 0.15) is 0 Å². The maximum absolute atomic E-state index is 5.98. The minimum absolute atomic E-state index is 0.336. The van der Waals surface area contributed by atoms with Crippen LogP contribution in [0.3, 0.4) is 0 Å². The molecule has 0 saturated carbocycles. The van der Waals surface area contributed by atoms with Crippen LogP contribution >= 0.6 is 23.4 Å². The predicted octanol–water partition coefficient (Wildman–Crippen LogP) is 5.55. The average Bonchev–Trinajstić information content (AvgIpc) is 2.49. The third-order valence-electron chi connectivity index (χ3n) is 3.58. The van der Waals surface area contributed by atoms with Gasteiger partial charge in [0.25, 0.3) is 0 Å². The van der Waals surface area contributed by atoms with Crippen LogP contribution < -0.4 is 5.32 Å². The normalized spacial score (nSPS) is 12.6. The van der Waals surface area contributed by atoms with E-state index in [2.05, 4.69) is 61.8 Å². The van der Waals surface area contributed by atoms with Gasteiger partial charge in [0.05, 0.1) is 0 Å².